The van der Waals surface area contributed by atoms with Crippen LogP contribution >= 0.6 is 11.6 Å². The highest BCUT2D eigenvalue weighted by molar-refractivity contribution is 6.33. The Morgan fingerprint density at radius 1 is 0.879 bits per heavy atom. The first-order valence-corrected chi connectivity index (χ1v) is 11.9. The maximum Gasteiger partial charge on any atom is 0.165 e. The van der Waals surface area contributed by atoms with E-state index < -0.39 is 0 Å². The molecule has 2 aromatic carbocycles. The molecule has 0 N–H and O–H groups in total. The van der Waals surface area contributed by atoms with Gasteiger partial charge >= 0.3 is 0 Å². The summed E-state index contributed by atoms with van der Waals surface area (Å²) in [5, 5.41) is 5.48. The number of hydrogen-bond acceptors (Lipinski definition) is 4. The minimum Gasteiger partial charge on any atom is -0.354 e. The fraction of sp³-hybridized carbons (Fsp3) is 0.333. The van der Waals surface area contributed by atoms with E-state index in [2.05, 4.69) is 67.0 Å². The van der Waals surface area contributed by atoms with E-state index in [1.165, 1.54) is 5.56 Å². The Balaban J connectivity index is 1.48. The van der Waals surface area contributed by atoms with Crippen molar-refractivity contribution >= 4 is 23.1 Å². The lowest BCUT2D eigenvalue weighted by Crippen LogP contribution is -2.46. The summed E-state index contributed by atoms with van der Waals surface area (Å²) in [7, 11) is 0. The zero-order valence-electron chi connectivity index (χ0n) is 19.5. The van der Waals surface area contributed by atoms with Gasteiger partial charge in [0.2, 0.25) is 0 Å². The third-order valence-corrected chi connectivity index (χ3v) is 6.66. The molecule has 0 amide bonds. The van der Waals surface area contributed by atoms with Crippen molar-refractivity contribution in [1.82, 2.24) is 19.5 Å². The second-order valence-electron chi connectivity index (χ2n) is 9.77. The quantitative estimate of drug-likeness (QED) is 0.394. The Bertz CT molecular complexity index is 1250. The number of anilines is 1. The summed E-state index contributed by atoms with van der Waals surface area (Å²) in [6, 6.07) is 20.8. The van der Waals surface area contributed by atoms with Gasteiger partial charge in [-0.3, -0.25) is 4.90 Å². The molecule has 0 aliphatic carbocycles. The van der Waals surface area contributed by atoms with Crippen molar-refractivity contribution in [1.29, 1.82) is 0 Å². The molecule has 5 nitrogen and oxygen atoms in total. The molecule has 1 fully saturated rings. The number of rotatable bonds is 4. The van der Waals surface area contributed by atoms with E-state index >= 15 is 0 Å². The van der Waals surface area contributed by atoms with Crippen molar-refractivity contribution in [2.75, 3.05) is 31.1 Å². The van der Waals surface area contributed by atoms with E-state index in [9.17, 15) is 0 Å². The van der Waals surface area contributed by atoms with Crippen LogP contribution in [0, 0.1) is 0 Å². The van der Waals surface area contributed by atoms with Gasteiger partial charge in [0.1, 0.15) is 5.82 Å². The smallest absolute Gasteiger partial charge is 0.165 e. The molecule has 1 aliphatic heterocycles. The lowest BCUT2D eigenvalue weighted by atomic mass is 9.91. The molecule has 3 heterocycles. The molecular formula is C27H30ClN5. The molecule has 0 atom stereocenters. The molecule has 0 unspecified atom stereocenters. The van der Waals surface area contributed by atoms with Gasteiger partial charge in [-0.15, -0.1) is 0 Å². The molecule has 0 spiro atoms. The van der Waals surface area contributed by atoms with Gasteiger partial charge in [-0.1, -0.05) is 80.9 Å². The van der Waals surface area contributed by atoms with Crippen LogP contribution in [-0.2, 0) is 12.0 Å². The molecule has 1 aliphatic rings. The van der Waals surface area contributed by atoms with Crippen molar-refractivity contribution in [3.63, 3.8) is 0 Å². The van der Waals surface area contributed by atoms with Crippen LogP contribution in [-0.4, -0.2) is 45.7 Å². The summed E-state index contributed by atoms with van der Waals surface area (Å²) in [6.07, 6.45) is 1.89. The summed E-state index contributed by atoms with van der Waals surface area (Å²) in [4.78, 5) is 10.0. The lowest BCUT2D eigenvalue weighted by Gasteiger charge is -2.36. The van der Waals surface area contributed by atoms with Gasteiger partial charge in [0, 0.05) is 60.4 Å². The first-order valence-electron chi connectivity index (χ1n) is 11.6. The number of nitrogens with zero attached hydrogens (tertiary/aromatic N) is 5. The summed E-state index contributed by atoms with van der Waals surface area (Å²) >= 11 is 6.54. The zero-order chi connectivity index (χ0) is 23.0. The van der Waals surface area contributed by atoms with Crippen LogP contribution in [0.4, 0.5) is 5.82 Å². The second kappa shape index (κ2) is 8.81. The van der Waals surface area contributed by atoms with Gasteiger partial charge in [0.05, 0.1) is 11.9 Å². The van der Waals surface area contributed by atoms with E-state index in [1.807, 2.05) is 35.0 Å². The highest BCUT2D eigenvalue weighted by Crippen LogP contribution is 2.34. The number of hydrogen-bond donors (Lipinski definition) is 0. The Morgan fingerprint density at radius 3 is 2.27 bits per heavy atom. The highest BCUT2D eigenvalue weighted by atomic mass is 35.5. The Kier molecular flexibility index (Phi) is 5.85. The van der Waals surface area contributed by atoms with Crippen LogP contribution < -0.4 is 4.90 Å². The van der Waals surface area contributed by atoms with E-state index in [4.69, 9.17) is 21.7 Å². The predicted octanol–water partition coefficient (Wildman–Crippen LogP) is 5.67. The van der Waals surface area contributed by atoms with Crippen molar-refractivity contribution in [2.45, 2.75) is 32.7 Å². The molecule has 6 heteroatoms. The van der Waals surface area contributed by atoms with Gasteiger partial charge in [-0.2, -0.15) is 9.61 Å². The van der Waals surface area contributed by atoms with Gasteiger partial charge in [0.15, 0.2) is 5.65 Å². The molecule has 33 heavy (non-hydrogen) atoms. The molecule has 2 aromatic heterocycles. The monoisotopic (exact) mass is 459 g/mol. The summed E-state index contributed by atoms with van der Waals surface area (Å²) in [5.41, 5.74) is 5.14. The molecular weight excluding hydrogens is 430 g/mol. The van der Waals surface area contributed by atoms with E-state index in [-0.39, 0.29) is 5.41 Å². The lowest BCUT2D eigenvalue weighted by molar-refractivity contribution is 0.249. The Hall–Kier alpha value is -2.89. The number of benzene rings is 2. The number of halogens is 1. The number of aromatic nitrogens is 3. The van der Waals surface area contributed by atoms with Crippen LogP contribution in [0.3, 0.4) is 0 Å². The van der Waals surface area contributed by atoms with Gasteiger partial charge < -0.3 is 4.90 Å². The molecule has 4 aromatic rings. The third kappa shape index (κ3) is 4.48. The van der Waals surface area contributed by atoms with E-state index in [0.29, 0.717) is 5.02 Å². The standard InChI is InChI=1S/C27H30ClN5/c1-27(2,3)24-17-25(32-15-13-31(14-16-32)19-20-9-5-4-6-10-20)33-26(30-24)22(18-29-33)21-11-7-8-12-23(21)28/h4-12,17-18H,13-16,19H2,1-3H3. The number of fused-ring (bicyclic) bond motifs is 1. The summed E-state index contributed by atoms with van der Waals surface area (Å²) in [5.74, 6) is 1.10. The molecule has 5 rings (SSSR count). The van der Waals surface area contributed by atoms with Crippen LogP contribution in [0.2, 0.25) is 5.02 Å². The summed E-state index contributed by atoms with van der Waals surface area (Å²) in [6.45, 7) is 11.6. The van der Waals surface area contributed by atoms with Crippen LogP contribution in [0.15, 0.2) is 66.9 Å². The van der Waals surface area contributed by atoms with Crippen LogP contribution in [0.5, 0.6) is 0 Å². The number of piperazine rings is 1. The van der Waals surface area contributed by atoms with Crippen molar-refractivity contribution in [3.8, 4) is 11.1 Å². The van der Waals surface area contributed by atoms with Crippen LogP contribution in [0.1, 0.15) is 32.0 Å². The highest BCUT2D eigenvalue weighted by Gasteiger charge is 2.25. The molecule has 170 valence electrons. The predicted molar refractivity (Wildman–Crippen MR) is 136 cm³/mol. The van der Waals surface area contributed by atoms with Crippen molar-refractivity contribution < 1.29 is 0 Å². The largest absolute Gasteiger partial charge is 0.354 e. The van der Waals surface area contributed by atoms with Gasteiger partial charge in [-0.05, 0) is 11.6 Å². The minimum absolute atomic E-state index is 0.0757. The average Bonchev–Trinajstić information content (AvgIpc) is 3.23. The average molecular weight is 460 g/mol. The van der Waals surface area contributed by atoms with Gasteiger partial charge in [0.25, 0.3) is 0 Å². The minimum atomic E-state index is -0.0757. The first-order chi connectivity index (χ1) is 15.9. The Labute approximate surface area is 200 Å². The van der Waals surface area contributed by atoms with Gasteiger partial charge in [-0.25, -0.2) is 4.98 Å². The first kappa shape index (κ1) is 21.9. The van der Waals surface area contributed by atoms with Crippen LogP contribution in [0.25, 0.3) is 16.8 Å². The Morgan fingerprint density at radius 2 is 1.58 bits per heavy atom. The zero-order valence-corrected chi connectivity index (χ0v) is 20.3. The normalized spacial score (nSPS) is 15.3. The molecule has 0 radical (unpaired) electrons. The van der Waals surface area contributed by atoms with Crippen molar-refractivity contribution in [3.05, 3.63) is 83.1 Å². The summed E-state index contributed by atoms with van der Waals surface area (Å²) < 4.78 is 1.99. The SMILES string of the molecule is CC(C)(C)c1cc(N2CCN(Cc3ccccc3)CC2)n2ncc(-c3ccccc3Cl)c2n1. The topological polar surface area (TPSA) is 36.7 Å². The second-order valence-corrected chi connectivity index (χ2v) is 10.2. The maximum atomic E-state index is 6.54. The molecule has 1 saturated heterocycles. The third-order valence-electron chi connectivity index (χ3n) is 6.33. The maximum absolute atomic E-state index is 6.54. The molecule has 0 bridgehead atoms. The van der Waals surface area contributed by atoms with Crippen molar-refractivity contribution in [2.24, 2.45) is 0 Å². The fourth-order valence-corrected chi connectivity index (χ4v) is 4.64. The fourth-order valence-electron chi connectivity index (χ4n) is 4.40. The molecule has 0 saturated carbocycles. The van der Waals surface area contributed by atoms with E-state index in [1.54, 1.807) is 0 Å². The van der Waals surface area contributed by atoms with E-state index in [0.717, 1.165) is 61.0 Å².